The van der Waals surface area contributed by atoms with E-state index < -0.39 is 0 Å². The standard InChI is InChI=1S/C16H17N3O2/c1-2-10-9-21-15-6-17-13(5-12(10)15)16(20)18-14-8-19-4-3-11(14)7-19/h2,5-6,9,11,14H,1,3-4,7-8H2,(H,18,20). The number of amides is 1. The number of fused-ring (bicyclic) bond motifs is 3. The second kappa shape index (κ2) is 4.70. The molecular weight excluding hydrogens is 266 g/mol. The van der Waals surface area contributed by atoms with Crippen LogP contribution in [0.1, 0.15) is 22.5 Å². The molecule has 2 aliphatic heterocycles. The number of pyridine rings is 1. The molecule has 2 aromatic rings. The molecular formula is C16H17N3O2. The zero-order valence-corrected chi connectivity index (χ0v) is 11.7. The predicted octanol–water partition coefficient (Wildman–Crippen LogP) is 1.90. The Bertz CT molecular complexity index is 721. The second-order valence-corrected chi connectivity index (χ2v) is 5.85. The van der Waals surface area contributed by atoms with E-state index in [9.17, 15) is 4.79 Å². The van der Waals surface area contributed by atoms with E-state index >= 15 is 0 Å². The molecule has 2 saturated heterocycles. The van der Waals surface area contributed by atoms with Crippen LogP contribution < -0.4 is 5.32 Å². The lowest BCUT2D eigenvalue weighted by atomic mass is 10.00. The number of carbonyl (C=O) groups excluding carboxylic acids is 1. The second-order valence-electron chi connectivity index (χ2n) is 5.85. The summed E-state index contributed by atoms with van der Waals surface area (Å²) < 4.78 is 5.38. The highest BCUT2D eigenvalue weighted by molar-refractivity contribution is 5.97. The molecule has 2 aliphatic rings. The zero-order chi connectivity index (χ0) is 14.4. The van der Waals surface area contributed by atoms with Crippen molar-refractivity contribution in [2.75, 3.05) is 19.6 Å². The van der Waals surface area contributed by atoms with Gasteiger partial charge in [0.15, 0.2) is 5.58 Å². The Labute approximate surface area is 122 Å². The van der Waals surface area contributed by atoms with Gasteiger partial charge in [0.25, 0.3) is 5.91 Å². The summed E-state index contributed by atoms with van der Waals surface area (Å²) in [5.41, 5.74) is 1.99. The minimum Gasteiger partial charge on any atom is -0.462 e. The van der Waals surface area contributed by atoms with Crippen molar-refractivity contribution < 1.29 is 9.21 Å². The van der Waals surface area contributed by atoms with E-state index in [0.717, 1.165) is 24.0 Å². The number of hydrogen-bond acceptors (Lipinski definition) is 4. The highest BCUT2D eigenvalue weighted by atomic mass is 16.3. The topological polar surface area (TPSA) is 58.4 Å². The normalized spacial score (nSPS) is 27.1. The quantitative estimate of drug-likeness (QED) is 0.934. The summed E-state index contributed by atoms with van der Waals surface area (Å²) >= 11 is 0. The first-order chi connectivity index (χ1) is 10.2. The number of furan rings is 1. The van der Waals surface area contributed by atoms with Crippen molar-refractivity contribution in [2.45, 2.75) is 12.5 Å². The van der Waals surface area contributed by atoms with E-state index in [1.54, 1.807) is 24.6 Å². The molecule has 0 spiro atoms. The fourth-order valence-corrected chi connectivity index (χ4v) is 3.42. The van der Waals surface area contributed by atoms with Gasteiger partial charge < -0.3 is 14.6 Å². The average molecular weight is 283 g/mol. The molecule has 1 N–H and O–H groups in total. The molecule has 108 valence electrons. The lowest BCUT2D eigenvalue weighted by molar-refractivity contribution is 0.0919. The van der Waals surface area contributed by atoms with E-state index in [-0.39, 0.29) is 11.9 Å². The van der Waals surface area contributed by atoms with Crippen LogP contribution in [-0.4, -0.2) is 41.5 Å². The first-order valence-electron chi connectivity index (χ1n) is 7.27. The van der Waals surface area contributed by atoms with Crippen LogP contribution in [0, 0.1) is 5.92 Å². The van der Waals surface area contributed by atoms with Crippen LogP contribution in [-0.2, 0) is 0 Å². The molecule has 2 fully saturated rings. The van der Waals surface area contributed by atoms with Crippen LogP contribution in [0.15, 0.2) is 29.5 Å². The van der Waals surface area contributed by atoms with Gasteiger partial charge in [-0.05, 0) is 24.9 Å². The van der Waals surface area contributed by atoms with E-state index in [1.165, 1.54) is 13.0 Å². The molecule has 5 nitrogen and oxygen atoms in total. The van der Waals surface area contributed by atoms with Gasteiger partial charge in [0.1, 0.15) is 5.69 Å². The molecule has 0 aromatic carbocycles. The van der Waals surface area contributed by atoms with Crippen LogP contribution in [0.4, 0.5) is 0 Å². The number of rotatable bonds is 3. The molecule has 0 radical (unpaired) electrons. The van der Waals surface area contributed by atoms with Crippen molar-refractivity contribution in [1.82, 2.24) is 15.2 Å². The highest BCUT2D eigenvalue weighted by Gasteiger charge is 2.38. The molecule has 1 amide bonds. The predicted molar refractivity (Wildman–Crippen MR) is 79.9 cm³/mol. The van der Waals surface area contributed by atoms with E-state index in [1.807, 2.05) is 0 Å². The van der Waals surface area contributed by atoms with Crippen LogP contribution in [0.2, 0.25) is 0 Å². The molecule has 21 heavy (non-hydrogen) atoms. The smallest absolute Gasteiger partial charge is 0.270 e. The lowest BCUT2D eigenvalue weighted by Crippen LogP contribution is -2.43. The average Bonchev–Trinajstić information content (AvgIpc) is 3.21. The Morgan fingerprint density at radius 2 is 2.43 bits per heavy atom. The molecule has 2 bridgehead atoms. The van der Waals surface area contributed by atoms with Gasteiger partial charge in [-0.1, -0.05) is 12.7 Å². The summed E-state index contributed by atoms with van der Waals surface area (Å²) in [6.45, 7) is 6.99. The molecule has 4 rings (SSSR count). The van der Waals surface area contributed by atoms with Gasteiger partial charge in [-0.25, -0.2) is 4.98 Å². The third kappa shape index (κ3) is 2.05. The van der Waals surface area contributed by atoms with Crippen molar-refractivity contribution in [3.8, 4) is 0 Å². The van der Waals surface area contributed by atoms with Crippen molar-refractivity contribution in [3.63, 3.8) is 0 Å². The van der Waals surface area contributed by atoms with Gasteiger partial charge >= 0.3 is 0 Å². The minimum absolute atomic E-state index is 0.105. The van der Waals surface area contributed by atoms with E-state index in [0.29, 0.717) is 17.2 Å². The van der Waals surface area contributed by atoms with E-state index in [2.05, 4.69) is 21.8 Å². The highest BCUT2D eigenvalue weighted by Crippen LogP contribution is 2.28. The number of piperidine rings is 1. The molecule has 4 heterocycles. The molecule has 2 aromatic heterocycles. The molecule has 3 unspecified atom stereocenters. The number of aromatic nitrogens is 1. The summed E-state index contributed by atoms with van der Waals surface area (Å²) in [6.07, 6.45) is 6.13. The van der Waals surface area contributed by atoms with Crippen LogP contribution >= 0.6 is 0 Å². The monoisotopic (exact) mass is 283 g/mol. The number of hydrogen-bond donors (Lipinski definition) is 1. The summed E-state index contributed by atoms with van der Waals surface area (Å²) in [4.78, 5) is 19.0. The van der Waals surface area contributed by atoms with Gasteiger partial charge in [0.2, 0.25) is 0 Å². The molecule has 0 aliphatic carbocycles. The van der Waals surface area contributed by atoms with E-state index in [4.69, 9.17) is 4.42 Å². The Hall–Kier alpha value is -2.14. The van der Waals surface area contributed by atoms with Crippen molar-refractivity contribution >= 4 is 23.0 Å². The lowest BCUT2D eigenvalue weighted by Gasteiger charge is -2.22. The maximum atomic E-state index is 12.4. The summed E-state index contributed by atoms with van der Waals surface area (Å²) in [7, 11) is 0. The van der Waals surface area contributed by atoms with Crippen LogP contribution in [0.25, 0.3) is 17.0 Å². The third-order valence-electron chi connectivity index (χ3n) is 4.59. The van der Waals surface area contributed by atoms with Crippen LogP contribution in [0.5, 0.6) is 0 Å². The largest absolute Gasteiger partial charge is 0.462 e. The maximum Gasteiger partial charge on any atom is 0.270 e. The van der Waals surface area contributed by atoms with Gasteiger partial charge in [0, 0.05) is 30.1 Å². The number of carbonyl (C=O) groups is 1. The molecule has 3 atom stereocenters. The summed E-state index contributed by atoms with van der Waals surface area (Å²) in [5.74, 6) is 0.488. The summed E-state index contributed by atoms with van der Waals surface area (Å²) in [5, 5.41) is 4.00. The van der Waals surface area contributed by atoms with Gasteiger partial charge in [-0.15, -0.1) is 0 Å². The fourth-order valence-electron chi connectivity index (χ4n) is 3.42. The SMILES string of the molecule is C=Cc1coc2cnc(C(=O)NC3CN4CCC3C4)cc12. The Morgan fingerprint density at radius 3 is 3.14 bits per heavy atom. The first-order valence-corrected chi connectivity index (χ1v) is 7.27. The zero-order valence-electron chi connectivity index (χ0n) is 11.7. The first kappa shape index (κ1) is 12.6. The third-order valence-corrected chi connectivity index (χ3v) is 4.59. The molecule has 0 saturated carbocycles. The maximum absolute atomic E-state index is 12.4. The number of nitrogens with zero attached hydrogens (tertiary/aromatic N) is 2. The summed E-state index contributed by atoms with van der Waals surface area (Å²) in [6, 6.07) is 2.03. The Morgan fingerprint density at radius 1 is 1.52 bits per heavy atom. The van der Waals surface area contributed by atoms with Gasteiger partial charge in [-0.3, -0.25) is 4.79 Å². The minimum atomic E-state index is -0.105. The Balaban J connectivity index is 1.57. The van der Waals surface area contributed by atoms with Gasteiger partial charge in [-0.2, -0.15) is 0 Å². The van der Waals surface area contributed by atoms with Crippen LogP contribution in [0.3, 0.4) is 0 Å². The van der Waals surface area contributed by atoms with Gasteiger partial charge in [0.05, 0.1) is 12.5 Å². The Kier molecular flexibility index (Phi) is 2.82. The van der Waals surface area contributed by atoms with Crippen molar-refractivity contribution in [3.05, 3.63) is 36.4 Å². The number of nitrogens with one attached hydrogen (secondary N) is 1. The van der Waals surface area contributed by atoms with Crippen molar-refractivity contribution in [2.24, 2.45) is 5.92 Å². The van der Waals surface area contributed by atoms with Crippen molar-refractivity contribution in [1.29, 1.82) is 0 Å². The fraction of sp³-hybridized carbons (Fsp3) is 0.375. The molecule has 5 heteroatoms.